The molecule has 0 radical (unpaired) electrons. The molecule has 4 atom stereocenters. The van der Waals surface area contributed by atoms with Crippen molar-refractivity contribution in [3.8, 4) is 0 Å². The number of hydrogen-bond donors (Lipinski definition) is 1. The Kier molecular flexibility index (Phi) is 6.37. The van der Waals surface area contributed by atoms with Crippen LogP contribution in [0.2, 0.25) is 0 Å². The minimum atomic E-state index is 0.493. The second-order valence-electron chi connectivity index (χ2n) is 5.58. The van der Waals surface area contributed by atoms with Gasteiger partial charge in [0, 0.05) is 6.04 Å². The first-order chi connectivity index (χ1) is 7.61. The summed E-state index contributed by atoms with van der Waals surface area (Å²) in [4.78, 5) is 0. The molecule has 0 aromatic carbocycles. The molecule has 1 N–H and O–H groups in total. The quantitative estimate of drug-likeness (QED) is 0.720. The van der Waals surface area contributed by atoms with E-state index < -0.39 is 0 Å². The van der Waals surface area contributed by atoms with E-state index in [1.165, 1.54) is 32.1 Å². The van der Waals surface area contributed by atoms with Gasteiger partial charge in [0.25, 0.3) is 0 Å². The van der Waals surface area contributed by atoms with Gasteiger partial charge in [0.15, 0.2) is 0 Å². The highest BCUT2D eigenvalue weighted by atomic mass is 16.5. The molecule has 1 aliphatic rings. The zero-order valence-corrected chi connectivity index (χ0v) is 11.5. The fourth-order valence-corrected chi connectivity index (χ4v) is 2.68. The van der Waals surface area contributed by atoms with Crippen LogP contribution in [0.1, 0.15) is 59.8 Å². The Balaban J connectivity index is 2.12. The van der Waals surface area contributed by atoms with Crippen molar-refractivity contribution in [2.24, 2.45) is 5.92 Å². The van der Waals surface area contributed by atoms with Gasteiger partial charge in [0.1, 0.15) is 0 Å². The molecule has 4 unspecified atom stereocenters. The van der Waals surface area contributed by atoms with Crippen LogP contribution in [0.5, 0.6) is 0 Å². The van der Waals surface area contributed by atoms with Gasteiger partial charge in [-0.05, 0) is 58.4 Å². The van der Waals surface area contributed by atoms with Gasteiger partial charge in [-0.15, -0.1) is 0 Å². The molecule has 0 aliphatic carbocycles. The van der Waals surface area contributed by atoms with Crippen LogP contribution >= 0.6 is 0 Å². The average molecular weight is 227 g/mol. The Bertz CT molecular complexity index is 184. The van der Waals surface area contributed by atoms with E-state index in [1.807, 2.05) is 0 Å². The fourth-order valence-electron chi connectivity index (χ4n) is 2.68. The van der Waals surface area contributed by atoms with E-state index in [0.29, 0.717) is 18.2 Å². The van der Waals surface area contributed by atoms with Crippen molar-refractivity contribution in [3.63, 3.8) is 0 Å². The zero-order chi connectivity index (χ0) is 12.0. The molecular formula is C14H29NO. The topological polar surface area (TPSA) is 21.3 Å². The van der Waals surface area contributed by atoms with Crippen LogP contribution in [0.4, 0.5) is 0 Å². The summed E-state index contributed by atoms with van der Waals surface area (Å²) in [6, 6.07) is 0.647. The van der Waals surface area contributed by atoms with Gasteiger partial charge in [-0.25, -0.2) is 0 Å². The van der Waals surface area contributed by atoms with Crippen molar-refractivity contribution in [3.05, 3.63) is 0 Å². The van der Waals surface area contributed by atoms with Gasteiger partial charge in [-0.3, -0.25) is 0 Å². The summed E-state index contributed by atoms with van der Waals surface area (Å²) in [6.07, 6.45) is 7.28. The molecule has 0 aromatic heterocycles. The van der Waals surface area contributed by atoms with Gasteiger partial charge >= 0.3 is 0 Å². The van der Waals surface area contributed by atoms with Crippen molar-refractivity contribution < 1.29 is 4.74 Å². The third-order valence-corrected chi connectivity index (χ3v) is 3.48. The highest BCUT2D eigenvalue weighted by Gasteiger charge is 2.23. The van der Waals surface area contributed by atoms with Gasteiger partial charge in [0.2, 0.25) is 0 Å². The lowest BCUT2D eigenvalue weighted by atomic mass is 9.95. The molecule has 0 bridgehead atoms. The third kappa shape index (κ3) is 5.31. The summed E-state index contributed by atoms with van der Waals surface area (Å²) in [7, 11) is 0. The van der Waals surface area contributed by atoms with Crippen LogP contribution in [0.25, 0.3) is 0 Å². The van der Waals surface area contributed by atoms with Crippen molar-refractivity contribution in [2.75, 3.05) is 6.54 Å². The van der Waals surface area contributed by atoms with E-state index >= 15 is 0 Å². The Hall–Kier alpha value is -0.0800. The van der Waals surface area contributed by atoms with E-state index in [2.05, 4.69) is 33.0 Å². The molecule has 0 saturated carbocycles. The normalized spacial score (nSPS) is 29.2. The second kappa shape index (κ2) is 7.29. The fraction of sp³-hybridized carbons (Fsp3) is 1.00. The van der Waals surface area contributed by atoms with Crippen molar-refractivity contribution in [1.82, 2.24) is 5.32 Å². The maximum Gasteiger partial charge on any atom is 0.0582 e. The molecule has 0 spiro atoms. The summed E-state index contributed by atoms with van der Waals surface area (Å²) in [5, 5.41) is 3.56. The molecule has 1 fully saturated rings. The monoisotopic (exact) mass is 227 g/mol. The van der Waals surface area contributed by atoms with E-state index in [4.69, 9.17) is 4.74 Å². The summed E-state index contributed by atoms with van der Waals surface area (Å²) in [5.41, 5.74) is 0. The Morgan fingerprint density at radius 2 is 2.06 bits per heavy atom. The van der Waals surface area contributed by atoms with Crippen LogP contribution in [0.15, 0.2) is 0 Å². The number of hydrogen-bond acceptors (Lipinski definition) is 2. The lowest BCUT2D eigenvalue weighted by Crippen LogP contribution is -2.29. The van der Waals surface area contributed by atoms with E-state index in [1.54, 1.807) is 0 Å². The highest BCUT2D eigenvalue weighted by Crippen LogP contribution is 2.26. The van der Waals surface area contributed by atoms with Crippen LogP contribution in [-0.4, -0.2) is 24.8 Å². The van der Waals surface area contributed by atoms with Crippen molar-refractivity contribution >= 4 is 0 Å². The Morgan fingerprint density at radius 1 is 1.31 bits per heavy atom. The van der Waals surface area contributed by atoms with Crippen molar-refractivity contribution in [2.45, 2.75) is 78.0 Å². The average Bonchev–Trinajstić information content (AvgIpc) is 2.60. The summed E-state index contributed by atoms with van der Waals surface area (Å²) < 4.78 is 5.87. The third-order valence-electron chi connectivity index (χ3n) is 3.48. The largest absolute Gasteiger partial charge is 0.375 e. The predicted octanol–water partition coefficient (Wildman–Crippen LogP) is 3.36. The van der Waals surface area contributed by atoms with E-state index in [-0.39, 0.29) is 0 Å². The molecule has 1 aliphatic heterocycles. The van der Waals surface area contributed by atoms with Gasteiger partial charge < -0.3 is 10.1 Å². The minimum Gasteiger partial charge on any atom is -0.375 e. The molecule has 1 heterocycles. The van der Waals surface area contributed by atoms with Crippen LogP contribution in [0, 0.1) is 5.92 Å². The lowest BCUT2D eigenvalue weighted by Gasteiger charge is -2.21. The van der Waals surface area contributed by atoms with Gasteiger partial charge in [0.05, 0.1) is 12.2 Å². The first-order valence-corrected chi connectivity index (χ1v) is 7.00. The molecule has 2 heteroatoms. The minimum absolute atomic E-state index is 0.493. The molecule has 1 saturated heterocycles. The molecular weight excluding hydrogens is 198 g/mol. The number of ether oxygens (including phenoxy) is 1. The molecule has 0 aromatic rings. The van der Waals surface area contributed by atoms with E-state index in [0.717, 1.165) is 12.5 Å². The molecule has 1 rings (SSSR count). The lowest BCUT2D eigenvalue weighted by molar-refractivity contribution is 0.0409. The van der Waals surface area contributed by atoms with Crippen LogP contribution in [-0.2, 0) is 4.74 Å². The second-order valence-corrected chi connectivity index (χ2v) is 5.58. The van der Waals surface area contributed by atoms with Crippen LogP contribution < -0.4 is 5.32 Å². The summed E-state index contributed by atoms with van der Waals surface area (Å²) >= 11 is 0. The SMILES string of the molecule is CCCNC(C)CC(C)CC1CCC(C)O1. The first-order valence-electron chi connectivity index (χ1n) is 7.00. The summed E-state index contributed by atoms with van der Waals surface area (Å²) in [6.45, 7) is 10.2. The Labute approximate surface area is 101 Å². The van der Waals surface area contributed by atoms with E-state index in [9.17, 15) is 0 Å². The molecule has 0 amide bonds. The zero-order valence-electron chi connectivity index (χ0n) is 11.5. The smallest absolute Gasteiger partial charge is 0.0582 e. The Morgan fingerprint density at radius 3 is 2.62 bits per heavy atom. The molecule has 16 heavy (non-hydrogen) atoms. The van der Waals surface area contributed by atoms with Crippen LogP contribution in [0.3, 0.4) is 0 Å². The van der Waals surface area contributed by atoms with Gasteiger partial charge in [-0.1, -0.05) is 13.8 Å². The summed E-state index contributed by atoms with van der Waals surface area (Å²) in [5.74, 6) is 0.773. The maximum absolute atomic E-state index is 5.87. The van der Waals surface area contributed by atoms with Crippen molar-refractivity contribution in [1.29, 1.82) is 0 Å². The molecule has 2 nitrogen and oxygen atoms in total. The van der Waals surface area contributed by atoms with Gasteiger partial charge in [-0.2, -0.15) is 0 Å². The first kappa shape index (κ1) is 14.0. The number of nitrogens with one attached hydrogen (secondary N) is 1. The highest BCUT2D eigenvalue weighted by molar-refractivity contribution is 4.74. The predicted molar refractivity (Wildman–Crippen MR) is 69.7 cm³/mol. The maximum atomic E-state index is 5.87. The number of rotatable bonds is 7. The molecule has 96 valence electrons. The standard InChI is InChI=1S/C14H29NO/c1-5-8-15-12(3)9-11(2)10-14-7-6-13(4)16-14/h11-15H,5-10H2,1-4H3.